The number of nitrogens with zero attached hydrogens (tertiary/aromatic N) is 2. The first kappa shape index (κ1) is 17.4. The van der Waals surface area contributed by atoms with Crippen molar-refractivity contribution >= 4 is 5.91 Å². The Morgan fingerprint density at radius 2 is 2.05 bits per heavy atom. The highest BCUT2D eigenvalue weighted by Gasteiger charge is 2.44. The fourth-order valence-electron chi connectivity index (χ4n) is 3.13. The molecule has 5 nitrogen and oxygen atoms in total. The lowest BCUT2D eigenvalue weighted by Crippen LogP contribution is -2.53. The van der Waals surface area contributed by atoms with Crippen molar-refractivity contribution in [3.8, 4) is 0 Å². The molecule has 0 heterocycles. The van der Waals surface area contributed by atoms with Gasteiger partial charge in [-0.05, 0) is 46.3 Å². The van der Waals surface area contributed by atoms with Crippen LogP contribution in [-0.4, -0.2) is 68.1 Å². The van der Waals surface area contributed by atoms with Crippen molar-refractivity contribution in [1.29, 1.82) is 0 Å². The minimum absolute atomic E-state index is 0.209. The van der Waals surface area contributed by atoms with E-state index in [4.69, 9.17) is 5.73 Å². The summed E-state index contributed by atoms with van der Waals surface area (Å²) in [6, 6.07) is 0.456. The van der Waals surface area contributed by atoms with Crippen LogP contribution in [0.2, 0.25) is 0 Å². The van der Waals surface area contributed by atoms with Crippen molar-refractivity contribution in [3.63, 3.8) is 0 Å². The maximum atomic E-state index is 11.7. The average molecular weight is 284 g/mol. The maximum Gasteiger partial charge on any atom is 0.237 e. The SMILES string of the molecule is CNC1(C(N)=O)CCC(N(CCN(C)C)CC(C)C)C1. The number of hydrogen-bond acceptors (Lipinski definition) is 4. The molecule has 0 radical (unpaired) electrons. The van der Waals surface area contributed by atoms with E-state index in [2.05, 4.69) is 43.1 Å². The highest BCUT2D eigenvalue weighted by atomic mass is 16.1. The van der Waals surface area contributed by atoms with E-state index < -0.39 is 5.54 Å². The fraction of sp³-hybridized carbons (Fsp3) is 0.933. The van der Waals surface area contributed by atoms with Gasteiger partial charge in [0, 0.05) is 25.7 Å². The molecule has 1 aliphatic rings. The molecule has 1 rings (SSSR count). The van der Waals surface area contributed by atoms with Crippen LogP contribution < -0.4 is 11.1 Å². The minimum Gasteiger partial charge on any atom is -0.368 e. The summed E-state index contributed by atoms with van der Waals surface area (Å²) in [6.07, 6.45) is 2.73. The largest absolute Gasteiger partial charge is 0.368 e. The zero-order valence-corrected chi connectivity index (χ0v) is 13.8. The molecule has 0 saturated heterocycles. The van der Waals surface area contributed by atoms with E-state index in [1.807, 2.05) is 7.05 Å². The number of carbonyl (C=O) groups excluding carboxylic acids is 1. The number of likely N-dealkylation sites (N-methyl/N-ethyl adjacent to an activating group) is 2. The van der Waals surface area contributed by atoms with Gasteiger partial charge in [0.2, 0.25) is 5.91 Å². The summed E-state index contributed by atoms with van der Waals surface area (Å²) in [5.41, 5.74) is 5.10. The number of carbonyl (C=O) groups is 1. The maximum absolute atomic E-state index is 11.7. The molecule has 0 spiro atoms. The van der Waals surface area contributed by atoms with Gasteiger partial charge in [0.15, 0.2) is 0 Å². The quantitative estimate of drug-likeness (QED) is 0.681. The summed E-state index contributed by atoms with van der Waals surface area (Å²) in [6.45, 7) is 7.67. The first-order chi connectivity index (χ1) is 9.30. The summed E-state index contributed by atoms with van der Waals surface area (Å²) >= 11 is 0. The van der Waals surface area contributed by atoms with Crippen LogP contribution in [0.25, 0.3) is 0 Å². The van der Waals surface area contributed by atoms with E-state index in [0.717, 1.165) is 38.9 Å². The second kappa shape index (κ2) is 7.38. The number of hydrogen-bond donors (Lipinski definition) is 2. The van der Waals surface area contributed by atoms with E-state index in [1.165, 1.54) is 0 Å². The Labute approximate surface area is 123 Å². The molecule has 0 bridgehead atoms. The molecule has 2 atom stereocenters. The fourth-order valence-corrected chi connectivity index (χ4v) is 3.13. The Bertz CT molecular complexity index is 319. The predicted octanol–water partition coefficient (Wildman–Crippen LogP) is 0.502. The molecule has 1 saturated carbocycles. The Hall–Kier alpha value is -0.650. The lowest BCUT2D eigenvalue weighted by Gasteiger charge is -2.33. The molecule has 1 amide bonds. The van der Waals surface area contributed by atoms with Gasteiger partial charge in [-0.3, -0.25) is 9.69 Å². The Balaban J connectivity index is 2.70. The molecule has 20 heavy (non-hydrogen) atoms. The Morgan fingerprint density at radius 3 is 2.45 bits per heavy atom. The second-order valence-electron chi connectivity index (χ2n) is 6.79. The van der Waals surface area contributed by atoms with E-state index in [-0.39, 0.29) is 5.91 Å². The molecule has 0 aliphatic heterocycles. The van der Waals surface area contributed by atoms with Gasteiger partial charge in [-0.15, -0.1) is 0 Å². The second-order valence-corrected chi connectivity index (χ2v) is 6.79. The summed E-state index contributed by atoms with van der Waals surface area (Å²) < 4.78 is 0. The van der Waals surface area contributed by atoms with Crippen LogP contribution in [0.1, 0.15) is 33.1 Å². The van der Waals surface area contributed by atoms with Gasteiger partial charge in [-0.25, -0.2) is 0 Å². The molecule has 0 aromatic carbocycles. The number of rotatable bonds is 8. The highest BCUT2D eigenvalue weighted by Crippen LogP contribution is 2.33. The van der Waals surface area contributed by atoms with Gasteiger partial charge in [-0.1, -0.05) is 13.8 Å². The summed E-state index contributed by atoms with van der Waals surface area (Å²) in [5.74, 6) is 0.426. The molecular formula is C15H32N4O. The van der Waals surface area contributed by atoms with Crippen molar-refractivity contribution in [2.75, 3.05) is 40.8 Å². The van der Waals surface area contributed by atoms with Crippen molar-refractivity contribution in [3.05, 3.63) is 0 Å². The van der Waals surface area contributed by atoms with E-state index in [0.29, 0.717) is 12.0 Å². The van der Waals surface area contributed by atoms with Crippen molar-refractivity contribution in [2.24, 2.45) is 11.7 Å². The lowest BCUT2D eigenvalue weighted by molar-refractivity contribution is -0.124. The first-order valence-electron chi connectivity index (χ1n) is 7.68. The summed E-state index contributed by atoms with van der Waals surface area (Å²) in [4.78, 5) is 16.5. The average Bonchev–Trinajstić information content (AvgIpc) is 2.79. The zero-order valence-electron chi connectivity index (χ0n) is 13.8. The molecule has 118 valence electrons. The number of primary amides is 1. The smallest absolute Gasteiger partial charge is 0.237 e. The summed E-state index contributed by atoms with van der Waals surface area (Å²) in [5, 5.41) is 3.17. The third-order valence-electron chi connectivity index (χ3n) is 4.39. The van der Waals surface area contributed by atoms with Gasteiger partial charge in [0.05, 0.1) is 5.54 Å². The van der Waals surface area contributed by atoms with Crippen LogP contribution in [-0.2, 0) is 4.79 Å². The van der Waals surface area contributed by atoms with Gasteiger partial charge in [0.1, 0.15) is 0 Å². The molecule has 2 unspecified atom stereocenters. The molecule has 3 N–H and O–H groups in total. The van der Waals surface area contributed by atoms with Crippen LogP contribution >= 0.6 is 0 Å². The Kier molecular flexibility index (Phi) is 6.43. The third kappa shape index (κ3) is 4.43. The van der Waals surface area contributed by atoms with Gasteiger partial charge >= 0.3 is 0 Å². The van der Waals surface area contributed by atoms with Crippen LogP contribution in [0.3, 0.4) is 0 Å². The first-order valence-corrected chi connectivity index (χ1v) is 7.68. The topological polar surface area (TPSA) is 61.6 Å². The van der Waals surface area contributed by atoms with Gasteiger partial charge < -0.3 is 16.0 Å². The standard InChI is InChI=1S/C15H32N4O/c1-12(2)11-19(9-8-18(4)5)13-6-7-15(10-13,17-3)14(16)20/h12-13,17H,6-11H2,1-5H3,(H2,16,20). The number of nitrogens with one attached hydrogen (secondary N) is 1. The molecular weight excluding hydrogens is 252 g/mol. The monoisotopic (exact) mass is 284 g/mol. The lowest BCUT2D eigenvalue weighted by atomic mass is 9.96. The van der Waals surface area contributed by atoms with Crippen LogP contribution in [0.5, 0.6) is 0 Å². The zero-order chi connectivity index (χ0) is 15.3. The minimum atomic E-state index is -0.502. The molecule has 0 aromatic rings. The van der Waals surface area contributed by atoms with Crippen LogP contribution in [0.15, 0.2) is 0 Å². The van der Waals surface area contributed by atoms with Crippen LogP contribution in [0, 0.1) is 5.92 Å². The van der Waals surface area contributed by atoms with Crippen molar-refractivity contribution in [1.82, 2.24) is 15.1 Å². The number of amides is 1. The van der Waals surface area contributed by atoms with Gasteiger partial charge in [-0.2, -0.15) is 0 Å². The third-order valence-corrected chi connectivity index (χ3v) is 4.39. The molecule has 1 fully saturated rings. The predicted molar refractivity (Wildman–Crippen MR) is 83.6 cm³/mol. The van der Waals surface area contributed by atoms with E-state index in [9.17, 15) is 4.79 Å². The van der Waals surface area contributed by atoms with Gasteiger partial charge in [0.25, 0.3) is 0 Å². The van der Waals surface area contributed by atoms with E-state index in [1.54, 1.807) is 0 Å². The molecule has 1 aliphatic carbocycles. The van der Waals surface area contributed by atoms with Crippen molar-refractivity contribution in [2.45, 2.75) is 44.7 Å². The van der Waals surface area contributed by atoms with E-state index >= 15 is 0 Å². The van der Waals surface area contributed by atoms with Crippen LogP contribution in [0.4, 0.5) is 0 Å². The number of nitrogens with two attached hydrogens (primary N) is 1. The summed E-state index contributed by atoms with van der Waals surface area (Å²) in [7, 11) is 6.05. The molecule has 0 aromatic heterocycles. The molecule has 5 heteroatoms. The normalized spacial score (nSPS) is 26.9. The Morgan fingerprint density at radius 1 is 1.40 bits per heavy atom. The van der Waals surface area contributed by atoms with Crippen molar-refractivity contribution < 1.29 is 4.79 Å². The highest BCUT2D eigenvalue weighted by molar-refractivity contribution is 5.85.